The van der Waals surface area contributed by atoms with Crippen molar-refractivity contribution in [2.75, 3.05) is 34.9 Å². The molecule has 114 valence electrons. The topological polar surface area (TPSA) is 24.3 Å². The number of para-hydroxylation sites is 1. The lowest BCUT2D eigenvalue weighted by Gasteiger charge is -2.33. The van der Waals surface area contributed by atoms with Gasteiger partial charge in [0.15, 0.2) is 12.9 Å². The van der Waals surface area contributed by atoms with E-state index >= 15 is 0 Å². The fourth-order valence-electron chi connectivity index (χ4n) is 2.83. The Hall–Kier alpha value is -1.22. The van der Waals surface area contributed by atoms with E-state index in [1.54, 1.807) is 0 Å². The Bertz CT molecular complexity index is 609. The average molecular weight is 305 g/mol. The van der Waals surface area contributed by atoms with Crippen LogP contribution >= 0.6 is 7.56 Å². The zero-order chi connectivity index (χ0) is 15.8. The number of rotatable bonds is 4. The number of aromatic nitrogens is 2. The summed E-state index contributed by atoms with van der Waals surface area (Å²) in [5.41, 5.74) is 3.47. The highest BCUT2D eigenvalue weighted by atomic mass is 31.2. The number of hydrogen-bond acceptors (Lipinski definition) is 3. The van der Waals surface area contributed by atoms with Gasteiger partial charge in [-0.15, -0.1) is 0 Å². The summed E-state index contributed by atoms with van der Waals surface area (Å²) in [5.74, 6) is 0. The van der Waals surface area contributed by atoms with Crippen molar-refractivity contribution in [1.82, 2.24) is 19.1 Å². The Kier molecular flexibility index (Phi) is 4.52. The van der Waals surface area contributed by atoms with E-state index < -0.39 is 7.56 Å². The van der Waals surface area contributed by atoms with Crippen LogP contribution in [0.5, 0.6) is 0 Å². The molecule has 0 amide bonds. The second-order valence-corrected chi connectivity index (χ2v) is 9.75. The molecule has 0 aliphatic carbocycles. The van der Waals surface area contributed by atoms with Crippen LogP contribution < -0.4 is 5.30 Å². The SMILES string of the molecule is Cc1nn(-c2ccccc2)c(C)c1[P+](C)(N(C)C)N(C)C. The first kappa shape index (κ1) is 16.2. The van der Waals surface area contributed by atoms with Crippen molar-refractivity contribution in [3.8, 4) is 5.69 Å². The summed E-state index contributed by atoms with van der Waals surface area (Å²) in [6.45, 7) is 6.64. The molecule has 0 saturated heterocycles. The average Bonchev–Trinajstić information content (AvgIpc) is 2.74. The Balaban J connectivity index is 2.65. The van der Waals surface area contributed by atoms with Gasteiger partial charge in [-0.05, 0) is 26.0 Å². The van der Waals surface area contributed by atoms with E-state index in [0.717, 1.165) is 11.4 Å². The van der Waals surface area contributed by atoms with Crippen molar-refractivity contribution in [3.63, 3.8) is 0 Å². The summed E-state index contributed by atoms with van der Waals surface area (Å²) < 4.78 is 6.76. The summed E-state index contributed by atoms with van der Waals surface area (Å²) in [6, 6.07) is 10.3. The molecular weight excluding hydrogens is 279 g/mol. The van der Waals surface area contributed by atoms with Crippen molar-refractivity contribution < 1.29 is 0 Å². The molecule has 4 nitrogen and oxygen atoms in total. The number of aryl methyl sites for hydroxylation is 1. The third kappa shape index (κ3) is 2.64. The van der Waals surface area contributed by atoms with E-state index in [-0.39, 0.29) is 0 Å². The molecular formula is C16H26N4P+. The maximum atomic E-state index is 4.80. The molecule has 0 atom stereocenters. The summed E-state index contributed by atoms with van der Waals surface area (Å²) >= 11 is 0. The van der Waals surface area contributed by atoms with Crippen LogP contribution in [0.1, 0.15) is 11.4 Å². The Morgan fingerprint density at radius 2 is 1.48 bits per heavy atom. The number of nitrogens with zero attached hydrogens (tertiary/aromatic N) is 4. The first-order valence-corrected chi connectivity index (χ1v) is 9.28. The largest absolute Gasteiger partial charge is 0.234 e. The van der Waals surface area contributed by atoms with Crippen molar-refractivity contribution in [2.24, 2.45) is 0 Å². The molecule has 1 aromatic carbocycles. The molecule has 1 aromatic heterocycles. The van der Waals surface area contributed by atoms with Gasteiger partial charge in [0.05, 0.1) is 18.0 Å². The van der Waals surface area contributed by atoms with Gasteiger partial charge in [0.1, 0.15) is 5.69 Å². The quantitative estimate of drug-likeness (QED) is 0.812. The molecule has 0 N–H and O–H groups in total. The lowest BCUT2D eigenvalue weighted by Crippen LogP contribution is -2.35. The Morgan fingerprint density at radius 1 is 0.952 bits per heavy atom. The lowest BCUT2D eigenvalue weighted by molar-refractivity contribution is 0.565. The predicted octanol–water partition coefficient (Wildman–Crippen LogP) is 2.72. The van der Waals surface area contributed by atoms with Gasteiger partial charge in [0.25, 0.3) is 0 Å². The smallest absolute Gasteiger partial charge is 0.185 e. The highest BCUT2D eigenvalue weighted by molar-refractivity contribution is 7.78. The van der Waals surface area contributed by atoms with E-state index in [9.17, 15) is 0 Å². The molecule has 0 spiro atoms. The second-order valence-electron chi connectivity index (χ2n) is 5.87. The maximum absolute atomic E-state index is 4.80. The summed E-state index contributed by atoms with van der Waals surface area (Å²) in [5, 5.41) is 6.18. The molecule has 0 aliphatic rings. The van der Waals surface area contributed by atoms with Crippen LogP contribution in [0.4, 0.5) is 0 Å². The Labute approximate surface area is 128 Å². The van der Waals surface area contributed by atoms with E-state index in [1.165, 1.54) is 11.0 Å². The third-order valence-electron chi connectivity index (χ3n) is 4.24. The van der Waals surface area contributed by atoms with Gasteiger partial charge in [-0.3, -0.25) is 0 Å². The fraction of sp³-hybridized carbons (Fsp3) is 0.438. The van der Waals surface area contributed by atoms with Gasteiger partial charge in [-0.1, -0.05) is 18.2 Å². The summed E-state index contributed by atoms with van der Waals surface area (Å²) in [6.07, 6.45) is 0. The van der Waals surface area contributed by atoms with Crippen molar-refractivity contribution >= 4 is 12.9 Å². The van der Waals surface area contributed by atoms with Crippen molar-refractivity contribution in [1.29, 1.82) is 0 Å². The van der Waals surface area contributed by atoms with E-state index in [1.807, 2.05) is 6.07 Å². The predicted molar refractivity (Wildman–Crippen MR) is 92.9 cm³/mol. The van der Waals surface area contributed by atoms with Crippen LogP contribution in [-0.4, -0.2) is 54.0 Å². The molecule has 0 aliphatic heterocycles. The maximum Gasteiger partial charge on any atom is 0.185 e. The van der Waals surface area contributed by atoms with Crippen LogP contribution in [0.3, 0.4) is 0 Å². The van der Waals surface area contributed by atoms with Crippen LogP contribution in [0.25, 0.3) is 5.69 Å². The van der Waals surface area contributed by atoms with Gasteiger partial charge < -0.3 is 0 Å². The fourth-order valence-corrected chi connectivity index (χ4v) is 5.71. The zero-order valence-corrected chi connectivity index (χ0v) is 15.0. The van der Waals surface area contributed by atoms with Crippen LogP contribution in [0.15, 0.2) is 30.3 Å². The van der Waals surface area contributed by atoms with E-state index in [0.29, 0.717) is 0 Å². The van der Waals surface area contributed by atoms with E-state index in [2.05, 4.69) is 87.0 Å². The van der Waals surface area contributed by atoms with Gasteiger partial charge in [-0.25, -0.2) is 4.68 Å². The van der Waals surface area contributed by atoms with Crippen LogP contribution in [0, 0.1) is 13.8 Å². The van der Waals surface area contributed by atoms with Gasteiger partial charge >= 0.3 is 0 Å². The molecule has 2 rings (SSSR count). The molecule has 1 heterocycles. The van der Waals surface area contributed by atoms with Crippen molar-refractivity contribution in [2.45, 2.75) is 13.8 Å². The standard InChI is InChI=1S/C16H26N4P/c1-13-16(21(7,18(3)4)19(5)6)14(2)20(17-13)15-11-9-8-10-12-15/h8-12H,1-7H3/q+1. The second kappa shape index (κ2) is 5.88. The molecule has 0 unspecified atom stereocenters. The van der Waals surface area contributed by atoms with Gasteiger partial charge in [-0.2, -0.15) is 14.4 Å². The molecule has 0 saturated carbocycles. The highest BCUT2D eigenvalue weighted by Crippen LogP contribution is 2.58. The number of hydrogen-bond donors (Lipinski definition) is 0. The molecule has 0 radical (unpaired) electrons. The van der Waals surface area contributed by atoms with Crippen molar-refractivity contribution in [3.05, 3.63) is 41.7 Å². The van der Waals surface area contributed by atoms with Gasteiger partial charge in [0.2, 0.25) is 0 Å². The third-order valence-corrected chi connectivity index (χ3v) is 8.85. The summed E-state index contributed by atoms with van der Waals surface area (Å²) in [4.78, 5) is 0. The van der Waals surface area contributed by atoms with Gasteiger partial charge in [0, 0.05) is 28.2 Å². The first-order chi connectivity index (χ1) is 9.80. The first-order valence-electron chi connectivity index (χ1n) is 7.14. The molecule has 2 aromatic rings. The summed E-state index contributed by atoms with van der Waals surface area (Å²) in [7, 11) is 7.08. The molecule has 0 fully saturated rings. The highest BCUT2D eigenvalue weighted by Gasteiger charge is 2.46. The molecule has 21 heavy (non-hydrogen) atoms. The Morgan fingerprint density at radius 3 is 1.95 bits per heavy atom. The minimum absolute atomic E-state index is 1.12. The van der Waals surface area contributed by atoms with E-state index in [4.69, 9.17) is 5.10 Å². The lowest BCUT2D eigenvalue weighted by atomic mass is 10.3. The molecule has 5 heteroatoms. The minimum atomic E-state index is -1.56. The monoisotopic (exact) mass is 305 g/mol. The zero-order valence-electron chi connectivity index (χ0n) is 14.1. The van der Waals surface area contributed by atoms with Crippen LogP contribution in [-0.2, 0) is 0 Å². The molecule has 0 bridgehead atoms. The minimum Gasteiger partial charge on any atom is -0.234 e. The number of benzene rings is 1. The van der Waals surface area contributed by atoms with Crippen LogP contribution in [0.2, 0.25) is 0 Å². The normalized spacial score (nSPS) is 12.4.